The first-order chi connectivity index (χ1) is 12.0. The Labute approximate surface area is 177 Å². The Bertz CT molecular complexity index is 407. The van der Waals surface area contributed by atoms with Crippen molar-refractivity contribution in [3.8, 4) is 0 Å². The quantitative estimate of drug-likeness (QED) is 0.313. The molecule has 0 aliphatic carbocycles. The summed E-state index contributed by atoms with van der Waals surface area (Å²) in [4.78, 5) is 23.5. The second kappa shape index (κ2) is 14.5. The minimum atomic E-state index is 0. The lowest BCUT2D eigenvalue weighted by Crippen LogP contribution is -2.46. The molecule has 1 amide bonds. The lowest BCUT2D eigenvalue weighted by molar-refractivity contribution is -0.131. The topological polar surface area (TPSA) is 51.2 Å². The highest BCUT2D eigenvalue weighted by atomic mass is 127. The maximum Gasteiger partial charge on any atom is 0.242 e. The molecule has 1 rings (SSSR count). The van der Waals surface area contributed by atoms with Crippen LogP contribution in [-0.4, -0.2) is 86.0 Å². The van der Waals surface area contributed by atoms with Crippen LogP contribution < -0.4 is 5.32 Å². The van der Waals surface area contributed by atoms with E-state index in [1.54, 1.807) is 0 Å². The van der Waals surface area contributed by atoms with Gasteiger partial charge in [-0.05, 0) is 65.6 Å². The van der Waals surface area contributed by atoms with Crippen molar-refractivity contribution < 1.29 is 4.79 Å². The van der Waals surface area contributed by atoms with Gasteiger partial charge in [0, 0.05) is 33.2 Å². The molecule has 1 aliphatic heterocycles. The normalized spacial score (nSPS) is 16.1. The standard InChI is InChI=1S/C19H39N5O.HI/c1-6-12-23-13-10-17(11-14-23)15-21-19(20-7-2)22(5)16-18(25)24(8-3)9-4;/h17H,6-16H2,1-5H3,(H,20,21);1H. The zero-order chi connectivity index (χ0) is 18.7. The zero-order valence-corrected chi connectivity index (χ0v) is 19.8. The number of nitrogens with zero attached hydrogens (tertiary/aromatic N) is 4. The Hall–Kier alpha value is -0.570. The van der Waals surface area contributed by atoms with E-state index in [0.717, 1.165) is 32.1 Å². The molecule has 0 atom stereocenters. The number of carbonyl (C=O) groups excluding carboxylic acids is 1. The van der Waals surface area contributed by atoms with Crippen molar-refractivity contribution in [2.24, 2.45) is 10.9 Å². The van der Waals surface area contributed by atoms with Gasteiger partial charge in [0.15, 0.2) is 5.96 Å². The van der Waals surface area contributed by atoms with E-state index in [1.807, 2.05) is 30.7 Å². The van der Waals surface area contributed by atoms with Gasteiger partial charge in [-0.2, -0.15) is 0 Å². The highest BCUT2D eigenvalue weighted by Gasteiger charge is 2.19. The number of hydrogen-bond donors (Lipinski definition) is 1. The molecule has 1 fully saturated rings. The van der Waals surface area contributed by atoms with Crippen molar-refractivity contribution in [3.63, 3.8) is 0 Å². The van der Waals surface area contributed by atoms with Gasteiger partial charge in [0.1, 0.15) is 0 Å². The molecule has 0 radical (unpaired) electrons. The fraction of sp³-hybridized carbons (Fsp3) is 0.895. The third-order valence-electron chi connectivity index (χ3n) is 4.93. The molecule has 1 N–H and O–H groups in total. The summed E-state index contributed by atoms with van der Waals surface area (Å²) < 4.78 is 0. The van der Waals surface area contributed by atoms with Crippen LogP contribution >= 0.6 is 24.0 Å². The number of guanidine groups is 1. The van der Waals surface area contributed by atoms with E-state index in [0.29, 0.717) is 12.5 Å². The van der Waals surface area contributed by atoms with Crippen molar-refractivity contribution in [1.82, 2.24) is 20.0 Å². The van der Waals surface area contributed by atoms with E-state index in [1.165, 1.54) is 38.9 Å². The van der Waals surface area contributed by atoms with E-state index >= 15 is 0 Å². The third kappa shape index (κ3) is 8.88. The maximum absolute atomic E-state index is 12.3. The molecule has 0 aromatic heterocycles. The molecule has 0 unspecified atom stereocenters. The molecule has 1 saturated heterocycles. The molecule has 7 heteroatoms. The Morgan fingerprint density at radius 3 is 2.27 bits per heavy atom. The van der Waals surface area contributed by atoms with Crippen LogP contribution in [0.2, 0.25) is 0 Å². The van der Waals surface area contributed by atoms with Crippen LogP contribution in [0, 0.1) is 5.92 Å². The average molecular weight is 481 g/mol. The van der Waals surface area contributed by atoms with E-state index in [4.69, 9.17) is 4.99 Å². The summed E-state index contributed by atoms with van der Waals surface area (Å²) in [5.41, 5.74) is 0. The van der Waals surface area contributed by atoms with Gasteiger partial charge >= 0.3 is 0 Å². The molecule has 6 nitrogen and oxygen atoms in total. The molecule has 0 bridgehead atoms. The fourth-order valence-electron chi connectivity index (χ4n) is 3.35. The predicted molar refractivity (Wildman–Crippen MR) is 121 cm³/mol. The van der Waals surface area contributed by atoms with E-state index in [9.17, 15) is 4.79 Å². The van der Waals surface area contributed by atoms with Gasteiger partial charge in [-0.25, -0.2) is 0 Å². The molecular weight excluding hydrogens is 441 g/mol. The number of halogens is 1. The molecule has 1 aliphatic rings. The lowest BCUT2D eigenvalue weighted by atomic mass is 9.97. The largest absolute Gasteiger partial charge is 0.357 e. The average Bonchev–Trinajstić information content (AvgIpc) is 2.61. The number of amides is 1. The van der Waals surface area contributed by atoms with Gasteiger partial charge in [0.05, 0.1) is 6.54 Å². The van der Waals surface area contributed by atoms with Gasteiger partial charge in [-0.3, -0.25) is 9.79 Å². The number of rotatable bonds is 9. The first-order valence-corrected chi connectivity index (χ1v) is 10.0. The summed E-state index contributed by atoms with van der Waals surface area (Å²) >= 11 is 0. The molecule has 0 spiro atoms. The molecule has 1 heterocycles. The van der Waals surface area contributed by atoms with Crippen LogP contribution in [-0.2, 0) is 4.79 Å². The minimum Gasteiger partial charge on any atom is -0.357 e. The zero-order valence-electron chi connectivity index (χ0n) is 17.5. The number of piperidine rings is 1. The Kier molecular flexibility index (Phi) is 14.2. The van der Waals surface area contributed by atoms with Gasteiger partial charge in [-0.1, -0.05) is 6.92 Å². The minimum absolute atomic E-state index is 0. The number of nitrogens with one attached hydrogen (secondary N) is 1. The van der Waals surface area contributed by atoms with Crippen LogP contribution in [0.1, 0.15) is 47.0 Å². The van der Waals surface area contributed by atoms with Crippen LogP contribution in [0.25, 0.3) is 0 Å². The predicted octanol–water partition coefficient (Wildman–Crippen LogP) is 2.49. The van der Waals surface area contributed by atoms with Gasteiger partial charge < -0.3 is 20.0 Å². The van der Waals surface area contributed by atoms with Crippen LogP contribution in [0.5, 0.6) is 0 Å². The SMILES string of the molecule is CCCN1CCC(CN=C(NCC)N(C)CC(=O)N(CC)CC)CC1.I. The van der Waals surface area contributed by atoms with E-state index in [2.05, 4.69) is 24.1 Å². The van der Waals surface area contributed by atoms with Crippen molar-refractivity contribution in [2.75, 3.05) is 59.4 Å². The monoisotopic (exact) mass is 481 g/mol. The first-order valence-electron chi connectivity index (χ1n) is 10.0. The summed E-state index contributed by atoms with van der Waals surface area (Å²) in [6.07, 6.45) is 3.69. The summed E-state index contributed by atoms with van der Waals surface area (Å²) in [7, 11) is 1.95. The number of carbonyl (C=O) groups is 1. The molecule has 0 aromatic rings. The highest BCUT2D eigenvalue weighted by Crippen LogP contribution is 2.17. The van der Waals surface area contributed by atoms with Gasteiger partial charge in [-0.15, -0.1) is 24.0 Å². The van der Waals surface area contributed by atoms with E-state index < -0.39 is 0 Å². The molecule has 154 valence electrons. The lowest BCUT2D eigenvalue weighted by Gasteiger charge is -2.31. The smallest absolute Gasteiger partial charge is 0.242 e. The van der Waals surface area contributed by atoms with E-state index in [-0.39, 0.29) is 29.9 Å². The van der Waals surface area contributed by atoms with Gasteiger partial charge in [0.2, 0.25) is 5.91 Å². The highest BCUT2D eigenvalue weighted by molar-refractivity contribution is 14.0. The van der Waals surface area contributed by atoms with Crippen LogP contribution in [0.15, 0.2) is 4.99 Å². The molecule has 26 heavy (non-hydrogen) atoms. The van der Waals surface area contributed by atoms with Gasteiger partial charge in [0.25, 0.3) is 0 Å². The second-order valence-electron chi connectivity index (χ2n) is 6.90. The van der Waals surface area contributed by atoms with Crippen molar-refractivity contribution in [1.29, 1.82) is 0 Å². The second-order valence-corrected chi connectivity index (χ2v) is 6.90. The molecule has 0 saturated carbocycles. The number of likely N-dealkylation sites (N-methyl/N-ethyl adjacent to an activating group) is 2. The summed E-state index contributed by atoms with van der Waals surface area (Å²) in [6.45, 7) is 15.5. The summed E-state index contributed by atoms with van der Waals surface area (Å²) in [6, 6.07) is 0. The van der Waals surface area contributed by atoms with Crippen molar-refractivity contribution in [2.45, 2.75) is 47.0 Å². The Morgan fingerprint density at radius 1 is 1.15 bits per heavy atom. The van der Waals surface area contributed by atoms with Crippen LogP contribution in [0.4, 0.5) is 0 Å². The number of aliphatic imine (C=N–C) groups is 1. The van der Waals surface area contributed by atoms with Crippen molar-refractivity contribution >= 4 is 35.8 Å². The molecular formula is C19H40IN5O. The Balaban J connectivity index is 0.00000625. The van der Waals surface area contributed by atoms with Crippen molar-refractivity contribution in [3.05, 3.63) is 0 Å². The number of likely N-dealkylation sites (tertiary alicyclic amines) is 1. The maximum atomic E-state index is 12.3. The molecule has 0 aromatic carbocycles. The Morgan fingerprint density at radius 2 is 1.77 bits per heavy atom. The third-order valence-corrected chi connectivity index (χ3v) is 4.93. The number of hydrogen-bond acceptors (Lipinski definition) is 3. The summed E-state index contributed by atoms with van der Waals surface area (Å²) in [5.74, 6) is 1.67. The summed E-state index contributed by atoms with van der Waals surface area (Å²) in [5, 5.41) is 3.33. The van der Waals surface area contributed by atoms with Crippen LogP contribution in [0.3, 0.4) is 0 Å². The first kappa shape index (κ1) is 25.4. The fourth-order valence-corrected chi connectivity index (χ4v) is 3.35.